The highest BCUT2D eigenvalue weighted by Crippen LogP contribution is 2.32. The van der Waals surface area contributed by atoms with Crippen molar-refractivity contribution in [1.29, 1.82) is 0 Å². The van der Waals surface area contributed by atoms with Crippen LogP contribution in [0.15, 0.2) is 59.1 Å². The van der Waals surface area contributed by atoms with Crippen molar-refractivity contribution in [2.75, 3.05) is 31.1 Å². The predicted molar refractivity (Wildman–Crippen MR) is 127 cm³/mol. The quantitative estimate of drug-likeness (QED) is 0.363. The van der Waals surface area contributed by atoms with E-state index >= 15 is 0 Å². The highest BCUT2D eigenvalue weighted by atomic mass is 19.4. The molecule has 0 saturated carbocycles. The van der Waals surface area contributed by atoms with Gasteiger partial charge in [-0.25, -0.2) is 9.50 Å². The molecular formula is C25H22F3N7O. The Bertz CT molecular complexity index is 1550. The fourth-order valence-corrected chi connectivity index (χ4v) is 4.58. The van der Waals surface area contributed by atoms with Crippen molar-refractivity contribution in [3.8, 4) is 11.4 Å². The molecule has 0 radical (unpaired) electrons. The van der Waals surface area contributed by atoms with Crippen LogP contribution in [0.4, 0.5) is 19.0 Å². The molecule has 0 atom stereocenters. The molecule has 36 heavy (non-hydrogen) atoms. The van der Waals surface area contributed by atoms with Crippen LogP contribution in [0.1, 0.15) is 17.1 Å². The molecule has 184 valence electrons. The first kappa shape index (κ1) is 22.5. The number of anilines is 1. The Morgan fingerprint density at radius 3 is 2.56 bits per heavy atom. The van der Waals surface area contributed by atoms with Gasteiger partial charge in [-0.1, -0.05) is 29.4 Å². The zero-order valence-electron chi connectivity index (χ0n) is 19.4. The molecule has 0 amide bonds. The Kier molecular flexibility index (Phi) is 5.36. The van der Waals surface area contributed by atoms with Crippen LogP contribution in [-0.2, 0) is 12.7 Å². The fraction of sp³-hybridized carbons (Fsp3) is 0.280. The van der Waals surface area contributed by atoms with E-state index in [1.165, 1.54) is 6.07 Å². The first-order chi connectivity index (χ1) is 17.3. The summed E-state index contributed by atoms with van der Waals surface area (Å²) < 4.78 is 46.3. The van der Waals surface area contributed by atoms with Gasteiger partial charge < -0.3 is 9.42 Å². The van der Waals surface area contributed by atoms with E-state index in [0.717, 1.165) is 66.4 Å². The molecule has 11 heteroatoms. The van der Waals surface area contributed by atoms with Crippen molar-refractivity contribution in [2.24, 2.45) is 0 Å². The van der Waals surface area contributed by atoms with Crippen molar-refractivity contribution in [3.63, 3.8) is 0 Å². The third-order valence-electron chi connectivity index (χ3n) is 6.35. The fourth-order valence-electron chi connectivity index (χ4n) is 4.58. The topological polar surface area (TPSA) is 75.6 Å². The second kappa shape index (κ2) is 8.59. The third-order valence-corrected chi connectivity index (χ3v) is 6.35. The van der Waals surface area contributed by atoms with Crippen LogP contribution < -0.4 is 4.90 Å². The van der Waals surface area contributed by atoms with E-state index in [-0.39, 0.29) is 11.4 Å². The zero-order chi connectivity index (χ0) is 24.9. The van der Waals surface area contributed by atoms with Gasteiger partial charge in [0.05, 0.1) is 23.3 Å². The second-order valence-corrected chi connectivity index (χ2v) is 8.86. The number of nitrogens with zero attached hydrogens (tertiary/aromatic N) is 7. The van der Waals surface area contributed by atoms with Crippen molar-refractivity contribution in [3.05, 3.63) is 71.7 Å². The Labute approximate surface area is 204 Å². The molecule has 0 spiro atoms. The third kappa shape index (κ3) is 4.15. The monoisotopic (exact) mass is 493 g/mol. The second-order valence-electron chi connectivity index (χ2n) is 8.86. The molecule has 3 aromatic heterocycles. The van der Waals surface area contributed by atoms with Gasteiger partial charge >= 0.3 is 6.18 Å². The average Bonchev–Trinajstić information content (AvgIpc) is 3.50. The van der Waals surface area contributed by atoms with Gasteiger partial charge in [0.2, 0.25) is 11.7 Å². The van der Waals surface area contributed by atoms with Crippen LogP contribution in [0.2, 0.25) is 0 Å². The van der Waals surface area contributed by atoms with E-state index in [1.54, 1.807) is 6.07 Å². The number of benzene rings is 2. The minimum absolute atomic E-state index is 0.148. The summed E-state index contributed by atoms with van der Waals surface area (Å²) in [5.74, 6) is 1.45. The molecule has 5 aromatic rings. The number of aromatic nitrogens is 5. The number of piperazine rings is 1. The summed E-state index contributed by atoms with van der Waals surface area (Å²) in [5, 5.41) is 9.51. The van der Waals surface area contributed by atoms with Crippen LogP contribution in [0.25, 0.3) is 27.9 Å². The van der Waals surface area contributed by atoms with E-state index in [2.05, 4.69) is 31.1 Å². The molecule has 4 heterocycles. The molecule has 1 aliphatic heterocycles. The Balaban J connectivity index is 1.17. The maximum atomic E-state index is 13.0. The highest BCUT2D eigenvalue weighted by molar-refractivity contribution is 5.91. The number of hydrogen-bond acceptors (Lipinski definition) is 7. The minimum Gasteiger partial charge on any atom is -0.353 e. The number of para-hydroxylation sites is 1. The molecule has 0 aliphatic carbocycles. The molecule has 1 saturated heterocycles. The zero-order valence-corrected chi connectivity index (χ0v) is 19.4. The summed E-state index contributed by atoms with van der Waals surface area (Å²) in [6.45, 7) is 5.40. The molecule has 8 nitrogen and oxygen atoms in total. The van der Waals surface area contributed by atoms with Gasteiger partial charge in [0.1, 0.15) is 5.82 Å². The van der Waals surface area contributed by atoms with Crippen molar-refractivity contribution in [2.45, 2.75) is 19.6 Å². The smallest absolute Gasteiger partial charge is 0.353 e. The maximum Gasteiger partial charge on any atom is 0.416 e. The first-order valence-electron chi connectivity index (χ1n) is 11.6. The van der Waals surface area contributed by atoms with Gasteiger partial charge in [-0.05, 0) is 31.2 Å². The minimum atomic E-state index is -4.43. The number of rotatable bonds is 4. The molecule has 0 N–H and O–H groups in total. The lowest BCUT2D eigenvalue weighted by Gasteiger charge is -2.35. The van der Waals surface area contributed by atoms with Gasteiger partial charge in [-0.3, -0.25) is 4.90 Å². The summed E-state index contributed by atoms with van der Waals surface area (Å²) >= 11 is 0. The summed E-state index contributed by atoms with van der Waals surface area (Å²) in [7, 11) is 0. The Morgan fingerprint density at radius 1 is 0.944 bits per heavy atom. The lowest BCUT2D eigenvalue weighted by atomic mass is 10.1. The first-order valence-corrected chi connectivity index (χ1v) is 11.6. The largest absolute Gasteiger partial charge is 0.416 e. The SMILES string of the molecule is Cc1cc2nc(N3CCN(Cc4nc(-c5cccc(C(F)(F)F)c5)no4)CC3)c3ccccc3n2n1. The van der Waals surface area contributed by atoms with Gasteiger partial charge in [0, 0.05) is 43.2 Å². The summed E-state index contributed by atoms with van der Waals surface area (Å²) in [6.07, 6.45) is -4.43. The molecule has 0 bridgehead atoms. The number of aryl methyl sites for hydroxylation is 1. The van der Waals surface area contributed by atoms with Gasteiger partial charge in [0.15, 0.2) is 5.65 Å². The average molecular weight is 493 g/mol. The highest BCUT2D eigenvalue weighted by Gasteiger charge is 2.31. The van der Waals surface area contributed by atoms with Crippen LogP contribution >= 0.6 is 0 Å². The van der Waals surface area contributed by atoms with Crippen LogP contribution in [-0.4, -0.2) is 55.8 Å². The van der Waals surface area contributed by atoms with Crippen LogP contribution in [0.5, 0.6) is 0 Å². The Morgan fingerprint density at radius 2 is 1.75 bits per heavy atom. The summed E-state index contributed by atoms with van der Waals surface area (Å²) in [5.41, 5.74) is 2.28. The van der Waals surface area contributed by atoms with Crippen molar-refractivity contribution in [1.82, 2.24) is 29.6 Å². The lowest BCUT2D eigenvalue weighted by Crippen LogP contribution is -2.46. The number of fused-ring (bicyclic) bond motifs is 3. The Hall–Kier alpha value is -3.99. The summed E-state index contributed by atoms with van der Waals surface area (Å²) in [4.78, 5) is 13.7. The van der Waals surface area contributed by atoms with E-state index < -0.39 is 11.7 Å². The molecule has 0 unspecified atom stereocenters. The van der Waals surface area contributed by atoms with Crippen molar-refractivity contribution >= 4 is 22.4 Å². The number of hydrogen-bond donors (Lipinski definition) is 0. The van der Waals surface area contributed by atoms with Crippen LogP contribution in [0, 0.1) is 6.92 Å². The van der Waals surface area contributed by atoms with E-state index in [0.29, 0.717) is 12.4 Å². The summed E-state index contributed by atoms with van der Waals surface area (Å²) in [6, 6.07) is 15.0. The predicted octanol–water partition coefficient (Wildman–Crippen LogP) is 4.58. The standard InChI is InChI=1S/C25H22F3N7O/c1-16-13-21-29-24(19-7-2-3-8-20(19)35(21)31-16)34-11-9-33(10-12-34)15-22-30-23(32-36-22)17-5-4-6-18(14-17)25(26,27)28/h2-8,13-14H,9-12,15H2,1H3. The van der Waals surface area contributed by atoms with Gasteiger partial charge in [-0.2, -0.15) is 23.3 Å². The van der Waals surface area contributed by atoms with Gasteiger partial charge in [0.25, 0.3) is 0 Å². The molecule has 1 fully saturated rings. The maximum absolute atomic E-state index is 13.0. The van der Waals surface area contributed by atoms with Crippen LogP contribution in [0.3, 0.4) is 0 Å². The molecular weight excluding hydrogens is 471 g/mol. The van der Waals surface area contributed by atoms with Gasteiger partial charge in [-0.15, -0.1) is 0 Å². The molecule has 2 aromatic carbocycles. The molecule has 1 aliphatic rings. The normalized spacial score (nSPS) is 15.3. The molecule has 6 rings (SSSR count). The lowest BCUT2D eigenvalue weighted by molar-refractivity contribution is -0.137. The van der Waals surface area contributed by atoms with Crippen molar-refractivity contribution < 1.29 is 17.7 Å². The van der Waals surface area contributed by atoms with E-state index in [9.17, 15) is 13.2 Å². The van der Waals surface area contributed by atoms with E-state index in [1.807, 2.05) is 35.7 Å². The van der Waals surface area contributed by atoms with E-state index in [4.69, 9.17) is 9.51 Å². The number of halogens is 3. The number of alkyl halides is 3.